The summed E-state index contributed by atoms with van der Waals surface area (Å²) in [5, 5.41) is 4.84. The molecule has 1 heterocycles. The highest BCUT2D eigenvalue weighted by Gasteiger charge is 2.21. The molecule has 0 saturated heterocycles. The Morgan fingerprint density at radius 2 is 1.89 bits per heavy atom. The Labute approximate surface area is 115 Å². The van der Waals surface area contributed by atoms with Gasteiger partial charge in [-0.25, -0.2) is 0 Å². The van der Waals surface area contributed by atoms with Crippen LogP contribution in [0.4, 0.5) is 0 Å². The summed E-state index contributed by atoms with van der Waals surface area (Å²) in [6, 6.07) is 9.45. The van der Waals surface area contributed by atoms with Gasteiger partial charge < -0.3 is 10.3 Å². The van der Waals surface area contributed by atoms with Crippen LogP contribution in [0.25, 0.3) is 10.9 Å². The van der Waals surface area contributed by atoms with Crippen molar-refractivity contribution in [1.29, 1.82) is 0 Å². The van der Waals surface area contributed by atoms with E-state index in [-0.39, 0.29) is 0 Å². The smallest absolute Gasteiger partial charge is 0.0458 e. The largest absolute Gasteiger partial charge is 0.358 e. The van der Waals surface area contributed by atoms with Gasteiger partial charge in [-0.05, 0) is 63.6 Å². The molecule has 2 heteroatoms. The molecule has 1 aliphatic rings. The van der Waals surface area contributed by atoms with E-state index < -0.39 is 0 Å². The molecule has 0 aliphatic heterocycles. The summed E-state index contributed by atoms with van der Waals surface area (Å²) in [5.74, 6) is 0.863. The maximum absolute atomic E-state index is 3.52. The molecule has 2 N–H and O–H groups in total. The van der Waals surface area contributed by atoms with Gasteiger partial charge in [-0.1, -0.05) is 18.2 Å². The van der Waals surface area contributed by atoms with Crippen LogP contribution < -0.4 is 5.32 Å². The first-order chi connectivity index (χ1) is 9.28. The van der Waals surface area contributed by atoms with Crippen LogP contribution in [-0.4, -0.2) is 18.1 Å². The number of hydrogen-bond donors (Lipinski definition) is 2. The minimum Gasteiger partial charge on any atom is -0.358 e. The van der Waals surface area contributed by atoms with Crippen molar-refractivity contribution < 1.29 is 0 Å². The average Bonchev–Trinajstić information content (AvgIpc) is 2.76. The predicted octanol–water partition coefficient (Wildman–Crippen LogP) is 3.80. The first-order valence-corrected chi connectivity index (χ1v) is 7.51. The van der Waals surface area contributed by atoms with Crippen LogP contribution in [-0.2, 0) is 6.42 Å². The molecule has 3 rings (SSSR count). The molecule has 0 atom stereocenters. The molecule has 0 unspecified atom stereocenters. The molecule has 1 saturated carbocycles. The van der Waals surface area contributed by atoms with Crippen molar-refractivity contribution in [1.82, 2.24) is 10.3 Å². The molecule has 1 fully saturated rings. The summed E-state index contributed by atoms with van der Waals surface area (Å²) >= 11 is 0. The van der Waals surface area contributed by atoms with E-state index in [2.05, 4.69) is 48.5 Å². The first-order valence-electron chi connectivity index (χ1n) is 7.51. The average molecular weight is 256 g/mol. The molecular weight excluding hydrogens is 232 g/mol. The van der Waals surface area contributed by atoms with Crippen LogP contribution in [0.5, 0.6) is 0 Å². The Kier molecular flexibility index (Phi) is 3.61. The van der Waals surface area contributed by atoms with Crippen LogP contribution in [0.15, 0.2) is 24.3 Å². The molecule has 1 aliphatic carbocycles. The third-order valence-corrected chi connectivity index (χ3v) is 4.77. The summed E-state index contributed by atoms with van der Waals surface area (Å²) < 4.78 is 0. The van der Waals surface area contributed by atoms with Crippen molar-refractivity contribution in [2.45, 2.75) is 45.1 Å². The Morgan fingerprint density at radius 1 is 1.16 bits per heavy atom. The number of para-hydroxylation sites is 1. The van der Waals surface area contributed by atoms with Crippen LogP contribution >= 0.6 is 0 Å². The summed E-state index contributed by atoms with van der Waals surface area (Å²) in [5.41, 5.74) is 4.19. The lowest BCUT2D eigenvalue weighted by atomic mass is 9.82. The zero-order valence-electron chi connectivity index (χ0n) is 12.0. The van der Waals surface area contributed by atoms with Crippen molar-refractivity contribution >= 4 is 10.9 Å². The van der Waals surface area contributed by atoms with E-state index in [1.807, 2.05) is 0 Å². The number of aromatic nitrogens is 1. The number of fused-ring (bicyclic) bond motifs is 1. The van der Waals surface area contributed by atoms with Gasteiger partial charge in [-0.3, -0.25) is 0 Å². The number of H-pyrrole nitrogens is 1. The van der Waals surface area contributed by atoms with Gasteiger partial charge >= 0.3 is 0 Å². The molecule has 1 aromatic carbocycles. The van der Waals surface area contributed by atoms with Gasteiger partial charge in [0.05, 0.1) is 0 Å². The first kappa shape index (κ1) is 12.7. The highest BCUT2D eigenvalue weighted by atomic mass is 14.9. The fraction of sp³-hybridized carbons (Fsp3) is 0.529. The van der Waals surface area contributed by atoms with Crippen LogP contribution in [0, 0.1) is 12.8 Å². The fourth-order valence-corrected chi connectivity index (χ4v) is 3.54. The van der Waals surface area contributed by atoms with E-state index >= 15 is 0 Å². The molecule has 0 spiro atoms. The highest BCUT2D eigenvalue weighted by molar-refractivity contribution is 5.84. The lowest BCUT2D eigenvalue weighted by molar-refractivity contribution is 0.300. The fourth-order valence-electron chi connectivity index (χ4n) is 3.54. The second kappa shape index (κ2) is 5.38. The van der Waals surface area contributed by atoms with Gasteiger partial charge in [-0.15, -0.1) is 0 Å². The summed E-state index contributed by atoms with van der Waals surface area (Å²) in [6.07, 6.45) is 6.65. The van der Waals surface area contributed by atoms with Gasteiger partial charge in [0.2, 0.25) is 0 Å². The van der Waals surface area contributed by atoms with Gasteiger partial charge in [0.25, 0.3) is 0 Å². The van der Waals surface area contributed by atoms with Crippen molar-refractivity contribution in [3.63, 3.8) is 0 Å². The Balaban J connectivity index is 1.77. The third-order valence-electron chi connectivity index (χ3n) is 4.77. The number of benzene rings is 1. The Morgan fingerprint density at radius 3 is 2.63 bits per heavy atom. The predicted molar refractivity (Wildman–Crippen MR) is 81.5 cm³/mol. The van der Waals surface area contributed by atoms with E-state index in [0.717, 1.165) is 12.0 Å². The molecule has 102 valence electrons. The molecule has 19 heavy (non-hydrogen) atoms. The lowest BCUT2D eigenvalue weighted by Crippen LogP contribution is -2.30. The van der Waals surface area contributed by atoms with Crippen LogP contribution in [0.2, 0.25) is 0 Å². The maximum atomic E-state index is 3.52. The lowest BCUT2D eigenvalue weighted by Gasteiger charge is -2.28. The molecule has 0 radical (unpaired) electrons. The van der Waals surface area contributed by atoms with Gasteiger partial charge in [0.1, 0.15) is 0 Å². The third kappa shape index (κ3) is 2.55. The SMILES string of the molecule is CNC1CCC(Cc2c(C)[nH]c3ccccc23)CC1. The number of aryl methyl sites for hydroxylation is 1. The topological polar surface area (TPSA) is 27.8 Å². The van der Waals surface area contributed by atoms with E-state index in [0.29, 0.717) is 0 Å². The summed E-state index contributed by atoms with van der Waals surface area (Å²) in [6.45, 7) is 2.22. The second-order valence-electron chi connectivity index (χ2n) is 5.98. The molecule has 2 nitrogen and oxygen atoms in total. The number of hydrogen-bond acceptors (Lipinski definition) is 1. The van der Waals surface area contributed by atoms with E-state index in [1.165, 1.54) is 48.7 Å². The maximum Gasteiger partial charge on any atom is 0.0458 e. The highest BCUT2D eigenvalue weighted by Crippen LogP contribution is 2.31. The van der Waals surface area contributed by atoms with Crippen LogP contribution in [0.3, 0.4) is 0 Å². The molecule has 2 aromatic rings. The summed E-state index contributed by atoms with van der Waals surface area (Å²) in [7, 11) is 2.09. The minimum absolute atomic E-state index is 0.750. The Bertz CT molecular complexity index is 547. The van der Waals surface area contributed by atoms with E-state index in [9.17, 15) is 0 Å². The molecular formula is C17H24N2. The zero-order valence-corrected chi connectivity index (χ0v) is 12.0. The van der Waals surface area contributed by atoms with Crippen LogP contribution in [0.1, 0.15) is 36.9 Å². The standard InChI is InChI=1S/C17H24N2/c1-12-16(15-5-3-4-6-17(15)19-12)11-13-7-9-14(18-2)10-8-13/h3-6,13-14,18-19H,7-11H2,1-2H3. The molecule has 0 amide bonds. The minimum atomic E-state index is 0.750. The molecule has 0 bridgehead atoms. The van der Waals surface area contributed by atoms with Gasteiger partial charge in [0.15, 0.2) is 0 Å². The monoisotopic (exact) mass is 256 g/mol. The van der Waals surface area contributed by atoms with Gasteiger partial charge in [-0.2, -0.15) is 0 Å². The van der Waals surface area contributed by atoms with Crippen molar-refractivity contribution in [2.24, 2.45) is 5.92 Å². The zero-order chi connectivity index (χ0) is 13.2. The van der Waals surface area contributed by atoms with E-state index in [1.54, 1.807) is 5.56 Å². The second-order valence-corrected chi connectivity index (χ2v) is 5.98. The summed E-state index contributed by atoms with van der Waals surface area (Å²) in [4.78, 5) is 3.52. The van der Waals surface area contributed by atoms with E-state index in [4.69, 9.17) is 0 Å². The Hall–Kier alpha value is -1.28. The number of rotatable bonds is 3. The van der Waals surface area contributed by atoms with Gasteiger partial charge in [0, 0.05) is 22.6 Å². The molecule has 1 aromatic heterocycles. The van der Waals surface area contributed by atoms with Crippen molar-refractivity contribution in [3.05, 3.63) is 35.5 Å². The normalized spacial score (nSPS) is 23.9. The van der Waals surface area contributed by atoms with Crippen molar-refractivity contribution in [3.8, 4) is 0 Å². The van der Waals surface area contributed by atoms with Crippen molar-refractivity contribution in [2.75, 3.05) is 7.05 Å². The quantitative estimate of drug-likeness (QED) is 0.859. The number of aromatic amines is 1. The number of nitrogens with one attached hydrogen (secondary N) is 2.